The molecule has 0 saturated carbocycles. The van der Waals surface area contributed by atoms with E-state index in [1.165, 1.54) is 6.20 Å². The quantitative estimate of drug-likeness (QED) is 0.692. The Hall–Kier alpha value is -2.77. The number of nitrogens with zero attached hydrogens (tertiary/aromatic N) is 3. The van der Waals surface area contributed by atoms with Crippen LogP contribution in [0.3, 0.4) is 0 Å². The van der Waals surface area contributed by atoms with Crippen LogP contribution in [0.5, 0.6) is 5.75 Å². The highest BCUT2D eigenvalue weighted by Crippen LogP contribution is 2.19. The highest BCUT2D eigenvalue weighted by atomic mass is 16.5. The summed E-state index contributed by atoms with van der Waals surface area (Å²) in [4.78, 5) is 34.0. The second-order valence-electron chi connectivity index (χ2n) is 7.28. The van der Waals surface area contributed by atoms with Gasteiger partial charge in [-0.2, -0.15) is 0 Å². The minimum atomic E-state index is -0.273. The van der Waals surface area contributed by atoms with E-state index in [1.54, 1.807) is 43.6 Å². The lowest BCUT2D eigenvalue weighted by atomic mass is 10.1. The zero-order valence-electron chi connectivity index (χ0n) is 17.1. The smallest absolute Gasteiger partial charge is 0.255 e. The summed E-state index contributed by atoms with van der Waals surface area (Å²) in [5.41, 5.74) is 1.44. The molecule has 1 aromatic carbocycles. The number of amides is 1. The molecule has 1 aliphatic heterocycles. The number of methoxy groups -OCH3 is 1. The maximum Gasteiger partial charge on any atom is 0.255 e. The summed E-state index contributed by atoms with van der Waals surface area (Å²) in [7, 11) is 3.71. The normalized spacial score (nSPS) is 15.1. The molecule has 2 aromatic rings. The number of ketones is 1. The monoisotopic (exact) mass is 396 g/mol. The molecule has 0 radical (unpaired) electrons. The van der Waals surface area contributed by atoms with Gasteiger partial charge in [0.05, 0.1) is 18.4 Å². The molecule has 1 aromatic heterocycles. The zero-order chi connectivity index (χ0) is 20.6. The van der Waals surface area contributed by atoms with Crippen LogP contribution < -0.4 is 10.1 Å². The number of nitrogens with one attached hydrogen (secondary N) is 1. The van der Waals surface area contributed by atoms with Crippen LogP contribution in [0.2, 0.25) is 0 Å². The van der Waals surface area contributed by atoms with Gasteiger partial charge in [0.15, 0.2) is 5.78 Å². The molecular weight excluding hydrogens is 368 g/mol. The summed E-state index contributed by atoms with van der Waals surface area (Å²) in [6.07, 6.45) is 4.33. The summed E-state index contributed by atoms with van der Waals surface area (Å²) >= 11 is 0. The van der Waals surface area contributed by atoms with E-state index in [4.69, 9.17) is 4.74 Å². The van der Waals surface area contributed by atoms with E-state index < -0.39 is 0 Å². The van der Waals surface area contributed by atoms with Gasteiger partial charge >= 0.3 is 0 Å². The number of likely N-dealkylation sites (N-methyl/N-ethyl adjacent to an activating group) is 1. The molecule has 29 heavy (non-hydrogen) atoms. The number of Topliss-reactive ketones (excluding diaryl/α,β-unsaturated/α-hetero) is 1. The summed E-state index contributed by atoms with van der Waals surface area (Å²) in [6.45, 7) is 5.13. The third kappa shape index (κ3) is 5.85. The van der Waals surface area contributed by atoms with Crippen molar-refractivity contribution in [2.24, 2.45) is 0 Å². The number of carbonyl (C=O) groups is 2. The molecule has 0 bridgehead atoms. The molecule has 0 unspecified atom stereocenters. The number of aromatic nitrogens is 1. The van der Waals surface area contributed by atoms with Crippen LogP contribution in [0.4, 0.5) is 5.69 Å². The SMILES string of the molecule is COc1ccc(C(=O)Nc2ccncc2C(=O)CCCN2CCN(C)CC2)cc1. The molecule has 0 spiro atoms. The molecule has 0 aliphatic carbocycles. The number of ether oxygens (including phenoxy) is 1. The van der Waals surface area contributed by atoms with Crippen LogP contribution in [0.1, 0.15) is 33.6 Å². The fourth-order valence-corrected chi connectivity index (χ4v) is 3.33. The molecule has 154 valence electrons. The van der Waals surface area contributed by atoms with Gasteiger partial charge in [-0.05, 0) is 50.3 Å². The minimum absolute atomic E-state index is 0.00254. The molecule has 1 N–H and O–H groups in total. The topological polar surface area (TPSA) is 74.8 Å². The third-order valence-electron chi connectivity index (χ3n) is 5.20. The van der Waals surface area contributed by atoms with Crippen molar-refractivity contribution in [1.29, 1.82) is 0 Å². The first-order valence-corrected chi connectivity index (χ1v) is 9.90. The highest BCUT2D eigenvalue weighted by Gasteiger charge is 2.17. The number of pyridine rings is 1. The summed E-state index contributed by atoms with van der Waals surface area (Å²) in [6, 6.07) is 8.49. The van der Waals surface area contributed by atoms with Crippen LogP contribution in [-0.2, 0) is 0 Å². The van der Waals surface area contributed by atoms with Gasteiger partial charge in [0.25, 0.3) is 5.91 Å². The van der Waals surface area contributed by atoms with Gasteiger partial charge in [0.2, 0.25) is 0 Å². The van der Waals surface area contributed by atoms with Crippen LogP contribution >= 0.6 is 0 Å². The number of piperazine rings is 1. The van der Waals surface area contributed by atoms with Crippen molar-refractivity contribution in [3.63, 3.8) is 0 Å². The number of rotatable bonds is 8. The number of hydrogen-bond acceptors (Lipinski definition) is 6. The van der Waals surface area contributed by atoms with E-state index in [2.05, 4.69) is 27.1 Å². The average molecular weight is 396 g/mol. The van der Waals surface area contributed by atoms with E-state index >= 15 is 0 Å². The number of carbonyl (C=O) groups excluding carboxylic acids is 2. The van der Waals surface area contributed by atoms with Gasteiger partial charge in [0, 0.05) is 50.6 Å². The number of anilines is 1. The highest BCUT2D eigenvalue weighted by molar-refractivity contribution is 6.09. The molecule has 0 atom stereocenters. The Morgan fingerprint density at radius 3 is 2.52 bits per heavy atom. The van der Waals surface area contributed by atoms with Crippen molar-refractivity contribution in [2.45, 2.75) is 12.8 Å². The van der Waals surface area contributed by atoms with Crippen LogP contribution in [0.15, 0.2) is 42.7 Å². The zero-order valence-corrected chi connectivity index (χ0v) is 17.1. The van der Waals surface area contributed by atoms with Gasteiger partial charge in [-0.15, -0.1) is 0 Å². The molecule has 1 aliphatic rings. The Morgan fingerprint density at radius 1 is 1.10 bits per heavy atom. The van der Waals surface area contributed by atoms with Gasteiger partial charge in [-0.1, -0.05) is 0 Å². The largest absolute Gasteiger partial charge is 0.497 e. The lowest BCUT2D eigenvalue weighted by Crippen LogP contribution is -2.44. The number of benzene rings is 1. The van der Waals surface area contributed by atoms with E-state index in [1.807, 2.05) is 0 Å². The van der Waals surface area contributed by atoms with Crippen LogP contribution in [0, 0.1) is 0 Å². The minimum Gasteiger partial charge on any atom is -0.497 e. The van der Waals surface area contributed by atoms with Gasteiger partial charge in [-0.25, -0.2) is 0 Å². The van der Waals surface area contributed by atoms with E-state index in [0.717, 1.165) is 39.1 Å². The number of hydrogen-bond donors (Lipinski definition) is 1. The molecule has 1 amide bonds. The Labute approximate surface area is 171 Å². The van der Waals surface area contributed by atoms with Gasteiger partial charge in [-0.3, -0.25) is 14.6 Å². The lowest BCUT2D eigenvalue weighted by Gasteiger charge is -2.32. The third-order valence-corrected chi connectivity index (χ3v) is 5.20. The summed E-state index contributed by atoms with van der Waals surface area (Å²) in [5.74, 6) is 0.407. The van der Waals surface area contributed by atoms with E-state index in [0.29, 0.717) is 29.0 Å². The van der Waals surface area contributed by atoms with Crippen molar-refractivity contribution >= 4 is 17.4 Å². The van der Waals surface area contributed by atoms with Gasteiger partial charge < -0.3 is 19.9 Å². The second kappa shape index (κ2) is 10.1. The Balaban J connectivity index is 1.57. The van der Waals surface area contributed by atoms with Crippen LogP contribution in [-0.4, -0.2) is 73.4 Å². The lowest BCUT2D eigenvalue weighted by molar-refractivity contribution is 0.0967. The van der Waals surface area contributed by atoms with Gasteiger partial charge in [0.1, 0.15) is 5.75 Å². The van der Waals surface area contributed by atoms with Crippen molar-refractivity contribution in [1.82, 2.24) is 14.8 Å². The summed E-state index contributed by atoms with van der Waals surface area (Å²) < 4.78 is 5.11. The molecule has 7 heteroatoms. The Kier molecular flexibility index (Phi) is 7.32. The average Bonchev–Trinajstić information content (AvgIpc) is 2.75. The first-order valence-electron chi connectivity index (χ1n) is 9.90. The van der Waals surface area contributed by atoms with Crippen molar-refractivity contribution in [2.75, 3.05) is 52.2 Å². The predicted molar refractivity (Wildman–Crippen MR) is 113 cm³/mol. The van der Waals surface area contributed by atoms with Crippen LogP contribution in [0.25, 0.3) is 0 Å². The first-order chi connectivity index (χ1) is 14.1. The first kappa shape index (κ1) is 21.0. The predicted octanol–water partition coefficient (Wildman–Crippen LogP) is 2.55. The van der Waals surface area contributed by atoms with E-state index in [9.17, 15) is 9.59 Å². The fourth-order valence-electron chi connectivity index (χ4n) is 3.33. The van der Waals surface area contributed by atoms with Crippen molar-refractivity contribution in [3.05, 3.63) is 53.9 Å². The molecule has 2 heterocycles. The maximum absolute atomic E-state index is 12.7. The molecular formula is C22H28N4O3. The molecule has 7 nitrogen and oxygen atoms in total. The standard InChI is InChI=1S/C22H28N4O3/c1-25-12-14-26(15-13-25)11-3-4-21(27)19-16-23-10-9-20(19)24-22(28)17-5-7-18(29-2)8-6-17/h5-10,16H,3-4,11-15H2,1-2H3,(H,23,24,28). The molecule has 1 saturated heterocycles. The molecule has 3 rings (SSSR count). The molecule has 1 fully saturated rings. The maximum atomic E-state index is 12.7. The fraction of sp³-hybridized carbons (Fsp3) is 0.409. The van der Waals surface area contributed by atoms with E-state index in [-0.39, 0.29) is 11.7 Å². The Bertz CT molecular complexity index is 830. The second-order valence-corrected chi connectivity index (χ2v) is 7.28. The van der Waals surface area contributed by atoms with Crippen molar-refractivity contribution < 1.29 is 14.3 Å². The van der Waals surface area contributed by atoms with Crippen molar-refractivity contribution in [3.8, 4) is 5.75 Å². The Morgan fingerprint density at radius 2 is 1.83 bits per heavy atom. The summed E-state index contributed by atoms with van der Waals surface area (Å²) in [5, 5.41) is 2.83.